The number of amides is 1. The van der Waals surface area contributed by atoms with Gasteiger partial charge in [-0.1, -0.05) is 36.4 Å². The van der Waals surface area contributed by atoms with Crippen LogP contribution >= 0.6 is 0 Å². The molecule has 2 aromatic carbocycles. The highest BCUT2D eigenvalue weighted by Gasteiger charge is 2.20. The molecule has 1 aromatic heterocycles. The van der Waals surface area contributed by atoms with Gasteiger partial charge in [-0.15, -0.1) is 0 Å². The van der Waals surface area contributed by atoms with E-state index in [0.29, 0.717) is 27.8 Å². The minimum atomic E-state index is -0.620. The summed E-state index contributed by atoms with van der Waals surface area (Å²) in [5.74, 6) is -0.500. The number of anilines is 1. The molecule has 144 valence electrons. The number of aromatic nitrogens is 1. The summed E-state index contributed by atoms with van der Waals surface area (Å²) in [5, 5.41) is 3.35. The second kappa shape index (κ2) is 7.68. The van der Waals surface area contributed by atoms with Crippen molar-refractivity contribution in [1.82, 2.24) is 4.98 Å². The standard InChI is InChI=1S/C22H22N2O4/c1-22(2,3)28-21(26)24-18-12-8-11-17-15(18)13-16(20(25)27-4)19(23-17)14-9-6-5-7-10-14/h5-13H,1-4H3,(H,24,26). The molecule has 0 atom stereocenters. The van der Waals surface area contributed by atoms with Crippen molar-refractivity contribution in [3.8, 4) is 11.3 Å². The fourth-order valence-corrected chi connectivity index (χ4v) is 2.80. The summed E-state index contributed by atoms with van der Waals surface area (Å²) in [6.45, 7) is 5.37. The number of nitrogens with one attached hydrogen (secondary N) is 1. The molecule has 0 saturated carbocycles. The highest BCUT2D eigenvalue weighted by molar-refractivity contribution is 6.05. The minimum absolute atomic E-state index is 0.319. The maximum absolute atomic E-state index is 12.4. The molecular weight excluding hydrogens is 356 g/mol. The number of carbonyl (C=O) groups excluding carboxylic acids is 2. The average molecular weight is 378 g/mol. The van der Waals surface area contributed by atoms with Crippen molar-refractivity contribution in [3.05, 3.63) is 60.2 Å². The van der Waals surface area contributed by atoms with Crippen LogP contribution in [-0.4, -0.2) is 29.8 Å². The van der Waals surface area contributed by atoms with Gasteiger partial charge in [0.05, 0.1) is 29.6 Å². The second-order valence-electron chi connectivity index (χ2n) is 7.24. The van der Waals surface area contributed by atoms with Gasteiger partial charge in [-0.3, -0.25) is 5.32 Å². The van der Waals surface area contributed by atoms with Crippen LogP contribution in [0.1, 0.15) is 31.1 Å². The molecule has 0 aliphatic heterocycles. The number of hydrogen-bond acceptors (Lipinski definition) is 5. The lowest BCUT2D eigenvalue weighted by atomic mass is 10.0. The first-order chi connectivity index (χ1) is 13.3. The molecular formula is C22H22N2O4. The van der Waals surface area contributed by atoms with Crippen LogP contribution in [0.15, 0.2) is 54.6 Å². The number of nitrogens with zero attached hydrogens (tertiary/aromatic N) is 1. The smallest absolute Gasteiger partial charge is 0.412 e. The van der Waals surface area contributed by atoms with Gasteiger partial charge in [0.15, 0.2) is 0 Å². The van der Waals surface area contributed by atoms with Gasteiger partial charge in [0, 0.05) is 10.9 Å². The van der Waals surface area contributed by atoms with E-state index < -0.39 is 17.7 Å². The van der Waals surface area contributed by atoms with E-state index >= 15 is 0 Å². The predicted molar refractivity (Wildman–Crippen MR) is 108 cm³/mol. The number of pyridine rings is 1. The molecule has 28 heavy (non-hydrogen) atoms. The van der Waals surface area contributed by atoms with Gasteiger partial charge in [0.1, 0.15) is 5.60 Å². The van der Waals surface area contributed by atoms with Crippen LogP contribution in [-0.2, 0) is 9.47 Å². The van der Waals surface area contributed by atoms with Crippen molar-refractivity contribution in [1.29, 1.82) is 0 Å². The van der Waals surface area contributed by atoms with Gasteiger partial charge >= 0.3 is 12.1 Å². The van der Waals surface area contributed by atoms with Crippen molar-refractivity contribution in [2.24, 2.45) is 0 Å². The van der Waals surface area contributed by atoms with E-state index in [9.17, 15) is 9.59 Å². The molecule has 0 unspecified atom stereocenters. The molecule has 6 nitrogen and oxygen atoms in total. The minimum Gasteiger partial charge on any atom is -0.465 e. The van der Waals surface area contributed by atoms with Crippen LogP contribution in [0.4, 0.5) is 10.5 Å². The molecule has 0 bridgehead atoms. The molecule has 6 heteroatoms. The lowest BCUT2D eigenvalue weighted by Gasteiger charge is -2.20. The van der Waals surface area contributed by atoms with E-state index in [1.54, 1.807) is 39.0 Å². The second-order valence-corrected chi connectivity index (χ2v) is 7.24. The monoisotopic (exact) mass is 378 g/mol. The van der Waals surface area contributed by atoms with E-state index in [4.69, 9.17) is 9.47 Å². The first-order valence-corrected chi connectivity index (χ1v) is 8.86. The van der Waals surface area contributed by atoms with Crippen LogP contribution in [0, 0.1) is 0 Å². The van der Waals surface area contributed by atoms with Gasteiger partial charge in [0.25, 0.3) is 0 Å². The number of ether oxygens (including phenoxy) is 2. The Balaban J connectivity index is 2.12. The molecule has 0 saturated heterocycles. The Morgan fingerprint density at radius 3 is 2.36 bits per heavy atom. The third-order valence-corrected chi connectivity index (χ3v) is 3.95. The Morgan fingerprint density at radius 2 is 1.71 bits per heavy atom. The number of hydrogen-bond donors (Lipinski definition) is 1. The number of methoxy groups -OCH3 is 1. The zero-order valence-electron chi connectivity index (χ0n) is 16.3. The number of benzene rings is 2. The molecule has 1 heterocycles. The SMILES string of the molecule is COC(=O)c1cc2c(NC(=O)OC(C)(C)C)cccc2nc1-c1ccccc1. The van der Waals surface area contributed by atoms with Crippen LogP contribution in [0.2, 0.25) is 0 Å². The summed E-state index contributed by atoms with van der Waals surface area (Å²) in [6.07, 6.45) is -0.577. The molecule has 3 rings (SSSR count). The maximum Gasteiger partial charge on any atom is 0.412 e. The Bertz CT molecular complexity index is 1020. The van der Waals surface area contributed by atoms with E-state index in [2.05, 4.69) is 10.3 Å². The molecule has 3 aromatic rings. The fourth-order valence-electron chi connectivity index (χ4n) is 2.80. The number of carbonyl (C=O) groups is 2. The topological polar surface area (TPSA) is 77.5 Å². The molecule has 0 radical (unpaired) electrons. The Labute approximate surface area is 163 Å². The van der Waals surface area contributed by atoms with E-state index in [1.165, 1.54) is 7.11 Å². The van der Waals surface area contributed by atoms with Gasteiger partial charge < -0.3 is 9.47 Å². The molecule has 1 N–H and O–H groups in total. The first-order valence-electron chi connectivity index (χ1n) is 8.86. The Kier molecular flexibility index (Phi) is 5.31. The summed E-state index contributed by atoms with van der Waals surface area (Å²) < 4.78 is 10.3. The average Bonchev–Trinajstić information content (AvgIpc) is 2.66. The molecule has 0 fully saturated rings. The summed E-state index contributed by atoms with van der Waals surface area (Å²) in [6, 6.07) is 16.4. The first kappa shape index (κ1) is 19.4. The summed E-state index contributed by atoms with van der Waals surface area (Å²) in [4.78, 5) is 29.3. The molecule has 1 amide bonds. The number of fused-ring (bicyclic) bond motifs is 1. The van der Waals surface area contributed by atoms with Gasteiger partial charge in [-0.05, 0) is 39.0 Å². The van der Waals surface area contributed by atoms with Crippen LogP contribution in [0.5, 0.6) is 0 Å². The van der Waals surface area contributed by atoms with Gasteiger partial charge in [-0.2, -0.15) is 0 Å². The molecule has 0 spiro atoms. The zero-order chi connectivity index (χ0) is 20.3. The fraction of sp³-hybridized carbons (Fsp3) is 0.227. The maximum atomic E-state index is 12.4. The van der Waals surface area contributed by atoms with Crippen LogP contribution in [0.3, 0.4) is 0 Å². The predicted octanol–water partition coefficient (Wildman–Crippen LogP) is 5.04. The normalized spacial score (nSPS) is 11.1. The van der Waals surface area contributed by atoms with Crippen molar-refractivity contribution in [2.45, 2.75) is 26.4 Å². The van der Waals surface area contributed by atoms with Crippen molar-refractivity contribution in [3.63, 3.8) is 0 Å². The van der Waals surface area contributed by atoms with E-state index in [0.717, 1.165) is 5.56 Å². The van der Waals surface area contributed by atoms with Crippen LogP contribution in [0.25, 0.3) is 22.2 Å². The van der Waals surface area contributed by atoms with Crippen molar-refractivity contribution < 1.29 is 19.1 Å². The van der Waals surface area contributed by atoms with E-state index in [-0.39, 0.29) is 0 Å². The number of esters is 1. The lowest BCUT2D eigenvalue weighted by molar-refractivity contribution is 0.0599. The quantitative estimate of drug-likeness (QED) is 0.646. The zero-order valence-corrected chi connectivity index (χ0v) is 16.3. The molecule has 0 aliphatic rings. The van der Waals surface area contributed by atoms with Crippen molar-refractivity contribution >= 4 is 28.7 Å². The lowest BCUT2D eigenvalue weighted by Crippen LogP contribution is -2.27. The van der Waals surface area contributed by atoms with E-state index in [1.807, 2.05) is 36.4 Å². The Morgan fingerprint density at radius 1 is 1.00 bits per heavy atom. The highest BCUT2D eigenvalue weighted by atomic mass is 16.6. The largest absolute Gasteiger partial charge is 0.465 e. The van der Waals surface area contributed by atoms with Crippen molar-refractivity contribution in [2.75, 3.05) is 12.4 Å². The Hall–Kier alpha value is -3.41. The third kappa shape index (κ3) is 4.28. The highest BCUT2D eigenvalue weighted by Crippen LogP contribution is 2.30. The van der Waals surface area contributed by atoms with Crippen LogP contribution < -0.4 is 5.32 Å². The van der Waals surface area contributed by atoms with Gasteiger partial charge in [0.2, 0.25) is 0 Å². The number of rotatable bonds is 3. The van der Waals surface area contributed by atoms with Gasteiger partial charge in [-0.25, -0.2) is 14.6 Å². The summed E-state index contributed by atoms with van der Waals surface area (Å²) >= 11 is 0. The molecule has 0 aliphatic carbocycles. The summed E-state index contributed by atoms with van der Waals surface area (Å²) in [5.41, 5.74) is 2.17. The summed E-state index contributed by atoms with van der Waals surface area (Å²) in [7, 11) is 1.33. The third-order valence-electron chi connectivity index (χ3n) is 3.95.